The van der Waals surface area contributed by atoms with Crippen molar-refractivity contribution in [3.63, 3.8) is 0 Å². The predicted octanol–water partition coefficient (Wildman–Crippen LogP) is 1.01. The highest BCUT2D eigenvalue weighted by Gasteiger charge is 2.45. The zero-order valence-electron chi connectivity index (χ0n) is 12.4. The van der Waals surface area contributed by atoms with Gasteiger partial charge in [0.05, 0.1) is 5.41 Å². The number of carbonyl (C=O) groups excluding carboxylic acids is 2. The Morgan fingerprint density at radius 3 is 2.40 bits per heavy atom. The Labute approximate surface area is 121 Å². The summed E-state index contributed by atoms with van der Waals surface area (Å²) in [5.41, 5.74) is 11.0. The molecule has 20 heavy (non-hydrogen) atoms. The number of carbonyl (C=O) groups is 2. The van der Waals surface area contributed by atoms with Crippen molar-refractivity contribution in [1.82, 2.24) is 4.90 Å². The standard InChI is InChI=1S/C15H27N3O2/c1-11-5-7-15(10-16,8-6-11)14(20)18-9-3-2-4-12(18)13(17)19/h11-12H,2-10,16H2,1H3,(H2,17,19). The summed E-state index contributed by atoms with van der Waals surface area (Å²) in [6.07, 6.45) is 6.36. The largest absolute Gasteiger partial charge is 0.368 e. The van der Waals surface area contributed by atoms with E-state index < -0.39 is 11.5 Å². The first-order chi connectivity index (χ1) is 9.50. The van der Waals surface area contributed by atoms with Crippen LogP contribution in [0.1, 0.15) is 51.9 Å². The second-order valence-corrected chi connectivity index (χ2v) is 6.58. The number of primary amides is 1. The smallest absolute Gasteiger partial charge is 0.240 e. The number of likely N-dealkylation sites (tertiary alicyclic amines) is 1. The van der Waals surface area contributed by atoms with E-state index in [0.29, 0.717) is 25.4 Å². The average molecular weight is 281 g/mol. The topological polar surface area (TPSA) is 89.4 Å². The fraction of sp³-hybridized carbons (Fsp3) is 0.867. The Kier molecular flexibility index (Phi) is 4.68. The molecule has 0 radical (unpaired) electrons. The first kappa shape index (κ1) is 15.3. The maximum atomic E-state index is 13.0. The van der Waals surface area contributed by atoms with E-state index in [1.54, 1.807) is 4.90 Å². The summed E-state index contributed by atoms with van der Waals surface area (Å²) in [4.78, 5) is 26.3. The van der Waals surface area contributed by atoms with Crippen molar-refractivity contribution in [2.24, 2.45) is 22.8 Å². The van der Waals surface area contributed by atoms with E-state index in [0.717, 1.165) is 38.5 Å². The van der Waals surface area contributed by atoms with E-state index in [1.165, 1.54) is 0 Å². The molecule has 1 aliphatic carbocycles. The minimum absolute atomic E-state index is 0.0652. The van der Waals surface area contributed by atoms with E-state index >= 15 is 0 Å². The Hall–Kier alpha value is -1.10. The summed E-state index contributed by atoms with van der Waals surface area (Å²) >= 11 is 0. The third kappa shape index (κ3) is 2.82. The molecule has 1 saturated carbocycles. The monoisotopic (exact) mass is 281 g/mol. The van der Waals surface area contributed by atoms with Crippen molar-refractivity contribution in [3.8, 4) is 0 Å². The number of nitrogens with zero attached hydrogens (tertiary/aromatic N) is 1. The third-order valence-corrected chi connectivity index (χ3v) is 5.17. The van der Waals surface area contributed by atoms with E-state index in [9.17, 15) is 9.59 Å². The maximum absolute atomic E-state index is 13.0. The number of hydrogen-bond acceptors (Lipinski definition) is 3. The minimum Gasteiger partial charge on any atom is -0.368 e. The molecule has 0 aromatic carbocycles. The zero-order valence-corrected chi connectivity index (χ0v) is 12.4. The molecule has 1 unspecified atom stereocenters. The molecule has 5 heteroatoms. The number of amides is 2. The van der Waals surface area contributed by atoms with Gasteiger partial charge in [-0.15, -0.1) is 0 Å². The SMILES string of the molecule is CC1CCC(CN)(C(=O)N2CCCCC2C(N)=O)CC1. The number of hydrogen-bond donors (Lipinski definition) is 2. The van der Waals surface area contributed by atoms with E-state index in [1.807, 2.05) is 0 Å². The van der Waals surface area contributed by atoms with E-state index in [2.05, 4.69) is 6.92 Å². The molecule has 2 rings (SSSR count). The van der Waals surface area contributed by atoms with Crippen LogP contribution in [-0.2, 0) is 9.59 Å². The van der Waals surface area contributed by atoms with Gasteiger partial charge in [-0.25, -0.2) is 0 Å². The van der Waals surface area contributed by atoms with Crippen molar-refractivity contribution in [2.45, 2.75) is 57.9 Å². The van der Waals surface area contributed by atoms with Crippen LogP contribution in [0.3, 0.4) is 0 Å². The molecule has 0 aromatic rings. The summed E-state index contributed by atoms with van der Waals surface area (Å²) in [6.45, 7) is 3.24. The Morgan fingerprint density at radius 1 is 1.20 bits per heavy atom. The number of piperidine rings is 1. The van der Waals surface area contributed by atoms with Crippen LogP contribution < -0.4 is 11.5 Å². The average Bonchev–Trinajstić information content (AvgIpc) is 2.47. The molecule has 1 heterocycles. The van der Waals surface area contributed by atoms with Crippen LogP contribution in [-0.4, -0.2) is 35.8 Å². The molecule has 1 atom stereocenters. The first-order valence-corrected chi connectivity index (χ1v) is 7.80. The molecule has 0 aromatic heterocycles. The molecule has 2 aliphatic rings. The van der Waals surface area contributed by atoms with Gasteiger partial charge in [0.2, 0.25) is 11.8 Å². The second kappa shape index (κ2) is 6.12. The molecular weight excluding hydrogens is 254 g/mol. The lowest BCUT2D eigenvalue weighted by atomic mass is 9.69. The predicted molar refractivity (Wildman–Crippen MR) is 77.7 cm³/mol. The number of nitrogens with two attached hydrogens (primary N) is 2. The molecule has 0 spiro atoms. The van der Waals surface area contributed by atoms with Crippen LogP contribution >= 0.6 is 0 Å². The van der Waals surface area contributed by atoms with Crippen LogP contribution in [0, 0.1) is 11.3 Å². The van der Waals surface area contributed by atoms with Crippen LogP contribution in [0.2, 0.25) is 0 Å². The second-order valence-electron chi connectivity index (χ2n) is 6.58. The van der Waals surface area contributed by atoms with Crippen LogP contribution in [0.4, 0.5) is 0 Å². The maximum Gasteiger partial charge on any atom is 0.240 e. The van der Waals surface area contributed by atoms with E-state index in [4.69, 9.17) is 11.5 Å². The summed E-state index contributed by atoms with van der Waals surface area (Å²) < 4.78 is 0. The fourth-order valence-corrected chi connectivity index (χ4v) is 3.60. The highest BCUT2D eigenvalue weighted by molar-refractivity contribution is 5.90. The molecule has 4 N–H and O–H groups in total. The van der Waals surface area contributed by atoms with Gasteiger partial charge in [-0.3, -0.25) is 9.59 Å². The van der Waals surface area contributed by atoms with Gasteiger partial charge in [-0.05, 0) is 50.9 Å². The molecule has 5 nitrogen and oxygen atoms in total. The lowest BCUT2D eigenvalue weighted by Crippen LogP contribution is -2.57. The minimum atomic E-state index is -0.461. The molecule has 2 amide bonds. The molecule has 0 bridgehead atoms. The zero-order chi connectivity index (χ0) is 14.8. The van der Waals surface area contributed by atoms with Gasteiger partial charge < -0.3 is 16.4 Å². The van der Waals surface area contributed by atoms with Gasteiger partial charge in [0.15, 0.2) is 0 Å². The Morgan fingerprint density at radius 2 is 1.85 bits per heavy atom. The molecule has 1 saturated heterocycles. The van der Waals surface area contributed by atoms with Gasteiger partial charge in [-0.2, -0.15) is 0 Å². The van der Waals surface area contributed by atoms with Crippen molar-refractivity contribution >= 4 is 11.8 Å². The van der Waals surface area contributed by atoms with Gasteiger partial charge in [0, 0.05) is 13.1 Å². The van der Waals surface area contributed by atoms with Gasteiger partial charge in [0.1, 0.15) is 6.04 Å². The highest BCUT2D eigenvalue weighted by atomic mass is 16.2. The fourth-order valence-electron chi connectivity index (χ4n) is 3.60. The van der Waals surface area contributed by atoms with Crippen molar-refractivity contribution in [2.75, 3.05) is 13.1 Å². The lowest BCUT2D eigenvalue weighted by Gasteiger charge is -2.44. The lowest BCUT2D eigenvalue weighted by molar-refractivity contribution is -0.151. The van der Waals surface area contributed by atoms with Crippen LogP contribution in [0.15, 0.2) is 0 Å². The highest BCUT2D eigenvalue weighted by Crippen LogP contribution is 2.40. The third-order valence-electron chi connectivity index (χ3n) is 5.17. The molecule has 1 aliphatic heterocycles. The molecule has 114 valence electrons. The molecule has 2 fully saturated rings. The molecular formula is C15H27N3O2. The normalized spacial score (nSPS) is 34.8. The van der Waals surface area contributed by atoms with Gasteiger partial charge in [0.25, 0.3) is 0 Å². The first-order valence-electron chi connectivity index (χ1n) is 7.80. The van der Waals surface area contributed by atoms with Crippen LogP contribution in [0.25, 0.3) is 0 Å². The number of rotatable bonds is 3. The van der Waals surface area contributed by atoms with Gasteiger partial charge in [-0.1, -0.05) is 6.92 Å². The van der Waals surface area contributed by atoms with Crippen LogP contribution in [0.5, 0.6) is 0 Å². The Bertz CT molecular complexity index is 375. The van der Waals surface area contributed by atoms with Crippen molar-refractivity contribution in [1.29, 1.82) is 0 Å². The summed E-state index contributed by atoms with van der Waals surface area (Å²) in [5.74, 6) is 0.348. The summed E-state index contributed by atoms with van der Waals surface area (Å²) in [6, 6.07) is -0.431. The summed E-state index contributed by atoms with van der Waals surface area (Å²) in [7, 11) is 0. The summed E-state index contributed by atoms with van der Waals surface area (Å²) in [5, 5.41) is 0. The van der Waals surface area contributed by atoms with Crippen molar-refractivity contribution in [3.05, 3.63) is 0 Å². The quantitative estimate of drug-likeness (QED) is 0.809. The van der Waals surface area contributed by atoms with Gasteiger partial charge >= 0.3 is 0 Å². The van der Waals surface area contributed by atoms with Crippen molar-refractivity contribution < 1.29 is 9.59 Å². The Balaban J connectivity index is 2.16. The van der Waals surface area contributed by atoms with E-state index in [-0.39, 0.29) is 11.8 Å².